The van der Waals surface area contributed by atoms with E-state index in [0.717, 1.165) is 25.9 Å². The second-order valence-corrected chi connectivity index (χ2v) is 7.19. The van der Waals surface area contributed by atoms with Crippen LogP contribution in [0.4, 0.5) is 0 Å². The van der Waals surface area contributed by atoms with E-state index in [4.69, 9.17) is 0 Å². The fraction of sp³-hybridized carbons (Fsp3) is 0.917. The van der Waals surface area contributed by atoms with Crippen molar-refractivity contribution >= 4 is 17.7 Å². The Morgan fingerprint density at radius 2 is 1.94 bits per heavy atom. The van der Waals surface area contributed by atoms with Crippen LogP contribution in [0.25, 0.3) is 0 Å². The van der Waals surface area contributed by atoms with E-state index in [2.05, 4.69) is 26.1 Å². The van der Waals surface area contributed by atoms with Gasteiger partial charge in [0.25, 0.3) is 0 Å². The maximum Gasteiger partial charge on any atom is 0.232 e. The van der Waals surface area contributed by atoms with Crippen LogP contribution in [0.1, 0.15) is 33.6 Å². The Bertz CT molecular complexity index is 232. The van der Waals surface area contributed by atoms with Crippen LogP contribution in [0.15, 0.2) is 0 Å². The number of nitrogens with one attached hydrogen (secondary N) is 1. The van der Waals surface area contributed by atoms with Crippen molar-refractivity contribution in [3.8, 4) is 0 Å². The van der Waals surface area contributed by atoms with Crippen LogP contribution < -0.4 is 5.32 Å². The van der Waals surface area contributed by atoms with Gasteiger partial charge in [0, 0.05) is 17.8 Å². The normalized spacial score (nSPS) is 18.5. The third-order valence-corrected chi connectivity index (χ3v) is 4.14. The van der Waals surface area contributed by atoms with E-state index in [9.17, 15) is 4.79 Å². The van der Waals surface area contributed by atoms with Crippen molar-refractivity contribution in [1.82, 2.24) is 10.2 Å². The largest absolute Gasteiger partial charge is 0.342 e. The van der Waals surface area contributed by atoms with Gasteiger partial charge in [-0.1, -0.05) is 20.8 Å². The Morgan fingerprint density at radius 1 is 1.38 bits per heavy atom. The molecule has 0 aromatic rings. The summed E-state index contributed by atoms with van der Waals surface area (Å²) >= 11 is 1.73. The van der Waals surface area contributed by atoms with Gasteiger partial charge in [0.05, 0.1) is 5.75 Å². The molecular formula is C12H24N2OS. The lowest BCUT2D eigenvalue weighted by molar-refractivity contribution is -0.129. The van der Waals surface area contributed by atoms with Crippen molar-refractivity contribution in [2.24, 2.45) is 0 Å². The second kappa shape index (κ2) is 5.92. The summed E-state index contributed by atoms with van der Waals surface area (Å²) in [5, 5.41) is 3.32. The van der Waals surface area contributed by atoms with Crippen LogP contribution in [-0.2, 0) is 4.79 Å². The summed E-state index contributed by atoms with van der Waals surface area (Å²) < 4.78 is 0.171. The average molecular weight is 244 g/mol. The first kappa shape index (κ1) is 13.8. The molecule has 1 amide bonds. The first-order valence-electron chi connectivity index (χ1n) is 6.00. The number of hydrogen-bond acceptors (Lipinski definition) is 3. The quantitative estimate of drug-likeness (QED) is 0.820. The molecule has 0 radical (unpaired) electrons. The average Bonchev–Trinajstić information content (AvgIpc) is 2.25. The minimum atomic E-state index is 0.171. The zero-order valence-electron chi connectivity index (χ0n) is 10.9. The highest BCUT2D eigenvalue weighted by Gasteiger charge is 2.23. The molecule has 1 aliphatic heterocycles. The summed E-state index contributed by atoms with van der Waals surface area (Å²) in [7, 11) is 1.95. The van der Waals surface area contributed by atoms with Crippen LogP contribution in [0.2, 0.25) is 0 Å². The number of carbonyl (C=O) groups excluding carboxylic acids is 1. The first-order valence-corrected chi connectivity index (χ1v) is 6.99. The molecule has 0 bridgehead atoms. The monoisotopic (exact) mass is 244 g/mol. The molecule has 1 aliphatic rings. The maximum absolute atomic E-state index is 12.0. The van der Waals surface area contributed by atoms with Crippen molar-refractivity contribution in [3.63, 3.8) is 0 Å². The van der Waals surface area contributed by atoms with Crippen LogP contribution in [0, 0.1) is 0 Å². The Balaban J connectivity index is 2.34. The number of rotatable bonds is 3. The van der Waals surface area contributed by atoms with Gasteiger partial charge in [0.15, 0.2) is 0 Å². The zero-order valence-corrected chi connectivity index (χ0v) is 11.7. The summed E-state index contributed by atoms with van der Waals surface area (Å²) in [6, 6.07) is 0.439. The van der Waals surface area contributed by atoms with Crippen molar-refractivity contribution in [3.05, 3.63) is 0 Å². The zero-order chi connectivity index (χ0) is 12.2. The summed E-state index contributed by atoms with van der Waals surface area (Å²) in [4.78, 5) is 13.9. The highest BCUT2D eigenvalue weighted by molar-refractivity contribution is 8.01. The van der Waals surface area contributed by atoms with E-state index < -0.39 is 0 Å². The molecule has 16 heavy (non-hydrogen) atoms. The Kier molecular flexibility index (Phi) is 5.12. The Labute approximate surface area is 103 Å². The van der Waals surface area contributed by atoms with Gasteiger partial charge in [-0.2, -0.15) is 0 Å². The highest BCUT2D eigenvalue weighted by Crippen LogP contribution is 2.23. The summed E-state index contributed by atoms with van der Waals surface area (Å²) in [6.07, 6.45) is 2.17. The predicted molar refractivity (Wildman–Crippen MR) is 70.9 cm³/mol. The van der Waals surface area contributed by atoms with E-state index in [1.807, 2.05) is 11.9 Å². The minimum absolute atomic E-state index is 0.171. The second-order valence-electron chi connectivity index (χ2n) is 5.39. The molecule has 1 N–H and O–H groups in total. The molecule has 1 rings (SSSR count). The molecule has 1 fully saturated rings. The fourth-order valence-electron chi connectivity index (χ4n) is 1.78. The molecule has 1 saturated heterocycles. The summed E-state index contributed by atoms with van der Waals surface area (Å²) in [6.45, 7) is 8.52. The maximum atomic E-state index is 12.0. The lowest BCUT2D eigenvalue weighted by Crippen LogP contribution is -2.44. The standard InChI is InChI=1S/C12H24N2OS/c1-12(2,3)16-9-11(15)14(4)10-5-7-13-8-6-10/h10,13H,5-9H2,1-4H3. The van der Waals surface area contributed by atoms with Crippen molar-refractivity contribution in [1.29, 1.82) is 0 Å². The molecular weight excluding hydrogens is 220 g/mol. The van der Waals surface area contributed by atoms with E-state index in [1.165, 1.54) is 0 Å². The van der Waals surface area contributed by atoms with Gasteiger partial charge in [0.2, 0.25) is 5.91 Å². The smallest absolute Gasteiger partial charge is 0.232 e. The molecule has 3 nitrogen and oxygen atoms in total. The molecule has 1 heterocycles. The molecule has 0 unspecified atom stereocenters. The van der Waals surface area contributed by atoms with Crippen molar-refractivity contribution < 1.29 is 4.79 Å². The van der Waals surface area contributed by atoms with Crippen LogP contribution in [-0.4, -0.2) is 47.5 Å². The van der Waals surface area contributed by atoms with E-state index in [0.29, 0.717) is 11.8 Å². The third-order valence-electron chi connectivity index (χ3n) is 2.88. The topological polar surface area (TPSA) is 32.3 Å². The first-order chi connectivity index (χ1) is 7.40. The van der Waals surface area contributed by atoms with E-state index >= 15 is 0 Å². The van der Waals surface area contributed by atoms with Crippen LogP contribution >= 0.6 is 11.8 Å². The molecule has 0 aliphatic carbocycles. The number of hydrogen-bond donors (Lipinski definition) is 1. The lowest BCUT2D eigenvalue weighted by Gasteiger charge is -2.32. The van der Waals surface area contributed by atoms with Crippen molar-refractivity contribution in [2.75, 3.05) is 25.9 Å². The number of nitrogens with zero attached hydrogens (tertiary/aromatic N) is 1. The molecule has 0 aromatic heterocycles. The lowest BCUT2D eigenvalue weighted by atomic mass is 10.1. The summed E-state index contributed by atoms with van der Waals surface area (Å²) in [5.41, 5.74) is 0. The SMILES string of the molecule is CN(C(=O)CSC(C)(C)C)C1CCNCC1. The number of piperidine rings is 1. The summed E-state index contributed by atoms with van der Waals surface area (Å²) in [5.74, 6) is 0.871. The van der Waals surface area contributed by atoms with Gasteiger partial charge in [0.1, 0.15) is 0 Å². The van der Waals surface area contributed by atoms with Gasteiger partial charge in [-0.25, -0.2) is 0 Å². The van der Waals surface area contributed by atoms with Gasteiger partial charge in [-0.05, 0) is 25.9 Å². The van der Waals surface area contributed by atoms with Crippen molar-refractivity contribution in [2.45, 2.75) is 44.4 Å². The van der Waals surface area contributed by atoms with Gasteiger partial charge in [-0.3, -0.25) is 4.79 Å². The minimum Gasteiger partial charge on any atom is -0.342 e. The van der Waals surface area contributed by atoms with Crippen LogP contribution in [0.3, 0.4) is 0 Å². The molecule has 0 spiro atoms. The number of amides is 1. The van der Waals surface area contributed by atoms with Gasteiger partial charge in [-0.15, -0.1) is 11.8 Å². The number of carbonyl (C=O) groups is 1. The predicted octanol–water partition coefficient (Wildman–Crippen LogP) is 1.73. The number of thioether (sulfide) groups is 1. The molecule has 0 aromatic carbocycles. The molecule has 94 valence electrons. The van der Waals surface area contributed by atoms with Gasteiger partial charge < -0.3 is 10.2 Å². The molecule has 0 saturated carbocycles. The van der Waals surface area contributed by atoms with Gasteiger partial charge >= 0.3 is 0 Å². The molecule has 0 atom stereocenters. The van der Waals surface area contributed by atoms with E-state index in [1.54, 1.807) is 11.8 Å². The van der Waals surface area contributed by atoms with Crippen LogP contribution in [0.5, 0.6) is 0 Å². The Hall–Kier alpha value is -0.220. The highest BCUT2D eigenvalue weighted by atomic mass is 32.2. The third kappa shape index (κ3) is 4.74. The fourth-order valence-corrected chi connectivity index (χ4v) is 2.54. The Morgan fingerprint density at radius 3 is 2.44 bits per heavy atom. The van der Waals surface area contributed by atoms with E-state index in [-0.39, 0.29) is 10.7 Å². The molecule has 4 heteroatoms.